The predicted molar refractivity (Wildman–Crippen MR) is 59.7 cm³/mol. The normalized spacial score (nSPS) is 33.5. The third-order valence-electron chi connectivity index (χ3n) is 2.91. The highest BCUT2D eigenvalue weighted by atomic mass is 16.8. The van der Waals surface area contributed by atoms with Crippen LogP contribution < -0.4 is 0 Å². The lowest BCUT2D eigenvalue weighted by Gasteiger charge is -2.29. The molecule has 0 unspecified atom stereocenters. The summed E-state index contributed by atoms with van der Waals surface area (Å²) in [6.45, 7) is 4.77. The van der Waals surface area contributed by atoms with Gasteiger partial charge in [0.2, 0.25) is 0 Å². The number of rotatable bonds is 2. The number of aliphatic carboxylic acids is 1. The van der Waals surface area contributed by atoms with Gasteiger partial charge in [0, 0.05) is 18.9 Å². The summed E-state index contributed by atoms with van der Waals surface area (Å²) in [5.41, 5.74) is 0.184. The minimum atomic E-state index is -1.03. The van der Waals surface area contributed by atoms with E-state index in [0.717, 1.165) is 0 Å². The molecule has 0 amide bonds. The first-order valence-corrected chi connectivity index (χ1v) is 5.75. The SMILES string of the molecule is CC(=O)O[C@H]1CC(C(=O)O)=C[C@H]2OC(C)(C)O[C@@H]12. The van der Waals surface area contributed by atoms with E-state index >= 15 is 0 Å². The average Bonchev–Trinajstić information content (AvgIpc) is 2.51. The molecule has 3 atom stereocenters. The molecule has 0 aromatic carbocycles. The standard InChI is InChI=1S/C12H16O6/c1-6(13)16-8-4-7(11(14)15)5-9-10(8)18-12(2,3)17-9/h5,8-10H,4H2,1-3H3,(H,14,15)/t8-,9+,10-/m0/s1. The highest BCUT2D eigenvalue weighted by molar-refractivity contribution is 5.87. The van der Waals surface area contributed by atoms with Crippen LogP contribution in [-0.2, 0) is 23.8 Å². The molecular formula is C12H16O6. The van der Waals surface area contributed by atoms with Gasteiger partial charge >= 0.3 is 11.9 Å². The zero-order valence-electron chi connectivity index (χ0n) is 10.5. The number of carbonyl (C=O) groups excluding carboxylic acids is 1. The van der Waals surface area contributed by atoms with Gasteiger partial charge < -0.3 is 19.3 Å². The van der Waals surface area contributed by atoms with Crippen LogP contribution in [0, 0.1) is 0 Å². The average molecular weight is 256 g/mol. The molecule has 0 aromatic rings. The Morgan fingerprint density at radius 2 is 2.11 bits per heavy atom. The highest BCUT2D eigenvalue weighted by Crippen LogP contribution is 2.37. The lowest BCUT2D eigenvalue weighted by Crippen LogP contribution is -2.41. The number of esters is 1. The molecule has 1 saturated heterocycles. The molecule has 1 heterocycles. The van der Waals surface area contributed by atoms with Crippen LogP contribution in [0.5, 0.6) is 0 Å². The van der Waals surface area contributed by atoms with Crippen molar-refractivity contribution in [2.75, 3.05) is 0 Å². The van der Waals surface area contributed by atoms with Crippen molar-refractivity contribution >= 4 is 11.9 Å². The molecule has 2 aliphatic rings. The first-order chi connectivity index (χ1) is 8.28. The van der Waals surface area contributed by atoms with Gasteiger partial charge in [0.25, 0.3) is 0 Å². The van der Waals surface area contributed by atoms with Gasteiger partial charge in [0.1, 0.15) is 18.3 Å². The molecule has 0 radical (unpaired) electrons. The molecule has 6 nitrogen and oxygen atoms in total. The van der Waals surface area contributed by atoms with E-state index in [1.165, 1.54) is 13.0 Å². The van der Waals surface area contributed by atoms with Crippen LogP contribution in [0.3, 0.4) is 0 Å². The summed E-state index contributed by atoms with van der Waals surface area (Å²) in [5, 5.41) is 9.04. The monoisotopic (exact) mass is 256 g/mol. The van der Waals surface area contributed by atoms with Crippen molar-refractivity contribution in [3.8, 4) is 0 Å². The summed E-state index contributed by atoms with van der Waals surface area (Å²) >= 11 is 0. The van der Waals surface area contributed by atoms with Crippen LogP contribution in [0.15, 0.2) is 11.6 Å². The number of carboxylic acids is 1. The molecule has 2 rings (SSSR count). The van der Waals surface area contributed by atoms with Gasteiger partial charge in [-0.3, -0.25) is 4.79 Å². The molecule has 6 heteroatoms. The van der Waals surface area contributed by atoms with Gasteiger partial charge in [-0.1, -0.05) is 0 Å². The smallest absolute Gasteiger partial charge is 0.331 e. The first kappa shape index (κ1) is 13.0. The van der Waals surface area contributed by atoms with E-state index in [4.69, 9.17) is 19.3 Å². The van der Waals surface area contributed by atoms with Gasteiger partial charge in [0.15, 0.2) is 5.79 Å². The van der Waals surface area contributed by atoms with E-state index in [1.807, 2.05) is 0 Å². The predicted octanol–water partition coefficient (Wildman–Crippen LogP) is 0.853. The third-order valence-corrected chi connectivity index (χ3v) is 2.91. The Morgan fingerprint density at radius 3 is 2.67 bits per heavy atom. The Labute approximate surface area is 105 Å². The molecule has 1 N–H and O–H groups in total. The number of hydrogen-bond acceptors (Lipinski definition) is 5. The van der Waals surface area contributed by atoms with E-state index in [2.05, 4.69) is 0 Å². The molecule has 0 aromatic heterocycles. The fourth-order valence-corrected chi connectivity index (χ4v) is 2.31. The van der Waals surface area contributed by atoms with Crippen molar-refractivity contribution < 1.29 is 28.9 Å². The van der Waals surface area contributed by atoms with Crippen molar-refractivity contribution in [3.63, 3.8) is 0 Å². The number of ether oxygens (including phenoxy) is 3. The summed E-state index contributed by atoms with van der Waals surface area (Å²) in [4.78, 5) is 22.1. The van der Waals surface area contributed by atoms with Gasteiger partial charge in [-0.25, -0.2) is 4.79 Å². The Bertz CT molecular complexity index is 411. The van der Waals surface area contributed by atoms with E-state index in [1.54, 1.807) is 13.8 Å². The van der Waals surface area contributed by atoms with Crippen LogP contribution in [0.25, 0.3) is 0 Å². The van der Waals surface area contributed by atoms with E-state index in [-0.39, 0.29) is 12.0 Å². The summed E-state index contributed by atoms with van der Waals surface area (Å²) in [7, 11) is 0. The lowest BCUT2D eigenvalue weighted by molar-refractivity contribution is -0.169. The Kier molecular flexibility index (Phi) is 3.16. The van der Waals surface area contributed by atoms with Crippen molar-refractivity contribution in [1.82, 2.24) is 0 Å². The van der Waals surface area contributed by atoms with Gasteiger partial charge in [0.05, 0.1) is 0 Å². The molecule has 1 aliphatic heterocycles. The van der Waals surface area contributed by atoms with Crippen molar-refractivity contribution in [3.05, 3.63) is 11.6 Å². The zero-order chi connectivity index (χ0) is 13.5. The topological polar surface area (TPSA) is 82.1 Å². The molecule has 18 heavy (non-hydrogen) atoms. The second-order valence-electron chi connectivity index (χ2n) is 4.91. The molecule has 100 valence electrons. The number of hydrogen-bond donors (Lipinski definition) is 1. The summed E-state index contributed by atoms with van der Waals surface area (Å²) in [6, 6.07) is 0. The fraction of sp³-hybridized carbons (Fsp3) is 0.667. The third kappa shape index (κ3) is 2.54. The van der Waals surface area contributed by atoms with Crippen molar-refractivity contribution in [1.29, 1.82) is 0 Å². The van der Waals surface area contributed by atoms with Gasteiger partial charge in [-0.05, 0) is 19.9 Å². The Balaban J connectivity index is 2.25. The van der Waals surface area contributed by atoms with E-state index in [9.17, 15) is 9.59 Å². The molecule has 1 aliphatic carbocycles. The first-order valence-electron chi connectivity index (χ1n) is 5.75. The maximum absolute atomic E-state index is 11.1. The zero-order valence-corrected chi connectivity index (χ0v) is 10.5. The summed E-state index contributed by atoms with van der Waals surface area (Å²) in [5.74, 6) is -2.30. The lowest BCUT2D eigenvalue weighted by atomic mass is 9.92. The van der Waals surface area contributed by atoms with Crippen LogP contribution in [0.2, 0.25) is 0 Å². The quantitative estimate of drug-likeness (QED) is 0.738. The second kappa shape index (κ2) is 4.37. The van der Waals surface area contributed by atoms with E-state index < -0.39 is 36.0 Å². The molecule has 0 saturated carbocycles. The molecule has 0 bridgehead atoms. The largest absolute Gasteiger partial charge is 0.478 e. The number of carboxylic acid groups (broad SMARTS) is 1. The summed E-state index contributed by atoms with van der Waals surface area (Å²) < 4.78 is 16.4. The highest BCUT2D eigenvalue weighted by Gasteiger charge is 2.48. The maximum Gasteiger partial charge on any atom is 0.331 e. The molecular weight excluding hydrogens is 240 g/mol. The maximum atomic E-state index is 11.1. The van der Waals surface area contributed by atoms with Gasteiger partial charge in [-0.2, -0.15) is 0 Å². The minimum absolute atomic E-state index is 0.134. The van der Waals surface area contributed by atoms with Crippen LogP contribution in [0.4, 0.5) is 0 Å². The van der Waals surface area contributed by atoms with Crippen LogP contribution >= 0.6 is 0 Å². The summed E-state index contributed by atoms with van der Waals surface area (Å²) in [6.07, 6.45) is 0.0960. The van der Waals surface area contributed by atoms with Gasteiger partial charge in [-0.15, -0.1) is 0 Å². The molecule has 1 fully saturated rings. The minimum Gasteiger partial charge on any atom is -0.478 e. The van der Waals surface area contributed by atoms with Crippen LogP contribution in [-0.4, -0.2) is 41.1 Å². The number of fused-ring (bicyclic) bond motifs is 1. The molecule has 0 spiro atoms. The van der Waals surface area contributed by atoms with Crippen molar-refractivity contribution in [2.45, 2.75) is 51.3 Å². The second-order valence-corrected chi connectivity index (χ2v) is 4.91. The van der Waals surface area contributed by atoms with E-state index in [0.29, 0.717) is 0 Å². The Morgan fingerprint density at radius 1 is 1.44 bits per heavy atom. The van der Waals surface area contributed by atoms with Crippen LogP contribution in [0.1, 0.15) is 27.2 Å². The number of carbonyl (C=O) groups is 2. The fourth-order valence-electron chi connectivity index (χ4n) is 2.31. The Hall–Kier alpha value is -1.40. The van der Waals surface area contributed by atoms with Crippen molar-refractivity contribution in [2.24, 2.45) is 0 Å².